The van der Waals surface area contributed by atoms with Gasteiger partial charge in [-0.3, -0.25) is 0 Å². The fourth-order valence-electron chi connectivity index (χ4n) is 1.97. The number of hydrogen-bond donors (Lipinski definition) is 0. The quantitative estimate of drug-likeness (QED) is 0.715. The lowest BCUT2D eigenvalue weighted by Gasteiger charge is -2.28. The van der Waals surface area contributed by atoms with Crippen LogP contribution in [0.2, 0.25) is 6.04 Å². The molecule has 2 nitrogen and oxygen atoms in total. The first kappa shape index (κ1) is 12.4. The van der Waals surface area contributed by atoms with Gasteiger partial charge in [-0.15, -0.1) is 0 Å². The molecule has 0 radical (unpaired) electrons. The summed E-state index contributed by atoms with van der Waals surface area (Å²) in [6.45, 7) is 4.28. The van der Waals surface area contributed by atoms with E-state index in [1.54, 1.807) is 14.2 Å². The molecule has 0 aliphatic carbocycles. The molecule has 1 aromatic carbocycles. The number of benzene rings is 1. The van der Waals surface area contributed by atoms with Crippen molar-refractivity contribution < 1.29 is 8.85 Å². The molecule has 0 aliphatic rings. The highest BCUT2D eigenvalue weighted by atomic mass is 28.4. The molecule has 1 aromatic rings. The van der Waals surface area contributed by atoms with Gasteiger partial charge in [-0.25, -0.2) is 0 Å². The first-order chi connectivity index (χ1) is 7.20. The summed E-state index contributed by atoms with van der Waals surface area (Å²) < 4.78 is 11.4. The van der Waals surface area contributed by atoms with Gasteiger partial charge in [-0.2, -0.15) is 0 Å². The van der Waals surface area contributed by atoms with Crippen LogP contribution in [-0.2, 0) is 8.85 Å². The largest absolute Gasteiger partial charge is 0.394 e. The minimum absolute atomic E-state index is 1.00. The third-order valence-corrected chi connectivity index (χ3v) is 6.65. The average Bonchev–Trinajstić information content (AvgIpc) is 2.27. The second-order valence-electron chi connectivity index (χ2n) is 3.73. The van der Waals surface area contributed by atoms with Crippen LogP contribution in [0.25, 0.3) is 0 Å². The molecule has 0 amide bonds. The van der Waals surface area contributed by atoms with Crippen LogP contribution in [-0.4, -0.2) is 22.8 Å². The third kappa shape index (κ3) is 2.48. The second kappa shape index (κ2) is 5.44. The van der Waals surface area contributed by atoms with E-state index in [1.807, 2.05) is 0 Å². The van der Waals surface area contributed by atoms with Gasteiger partial charge in [-0.05, 0) is 23.7 Å². The van der Waals surface area contributed by atoms with Crippen molar-refractivity contribution >= 4 is 13.7 Å². The first-order valence-electron chi connectivity index (χ1n) is 5.36. The Morgan fingerprint density at radius 2 is 1.73 bits per heavy atom. The van der Waals surface area contributed by atoms with Gasteiger partial charge in [0, 0.05) is 14.2 Å². The maximum atomic E-state index is 5.71. The van der Waals surface area contributed by atoms with Crippen molar-refractivity contribution in [1.29, 1.82) is 0 Å². The Bertz CT molecular complexity index is 308. The molecule has 0 aliphatic heterocycles. The lowest BCUT2D eigenvalue weighted by Crippen LogP contribution is -2.53. The highest BCUT2D eigenvalue weighted by Crippen LogP contribution is 2.16. The van der Waals surface area contributed by atoms with Gasteiger partial charge in [0.05, 0.1) is 0 Å². The van der Waals surface area contributed by atoms with E-state index in [4.69, 9.17) is 8.85 Å². The SMILES string of the molecule is CCC[Si](OC)(OC)c1ccccc1C. The average molecular weight is 224 g/mol. The fraction of sp³-hybridized carbons (Fsp3) is 0.500. The smallest absolute Gasteiger partial charge is 0.372 e. The number of rotatable bonds is 5. The molecule has 1 rings (SSSR count). The maximum absolute atomic E-state index is 5.71. The van der Waals surface area contributed by atoms with Gasteiger partial charge < -0.3 is 8.85 Å². The summed E-state index contributed by atoms with van der Waals surface area (Å²) in [5, 5.41) is 1.26. The molecule has 0 fully saturated rings. The van der Waals surface area contributed by atoms with Gasteiger partial charge in [0.2, 0.25) is 0 Å². The van der Waals surface area contributed by atoms with Crippen LogP contribution in [0.3, 0.4) is 0 Å². The van der Waals surface area contributed by atoms with E-state index in [2.05, 4.69) is 38.1 Å². The summed E-state index contributed by atoms with van der Waals surface area (Å²) in [6, 6.07) is 9.35. The standard InChI is InChI=1S/C12H20O2Si/c1-5-10-15(13-3,14-4)12-9-7-6-8-11(12)2/h6-9H,5,10H2,1-4H3. The monoisotopic (exact) mass is 224 g/mol. The Balaban J connectivity index is 3.13. The molecule has 0 atom stereocenters. The van der Waals surface area contributed by atoms with E-state index in [0.29, 0.717) is 0 Å². The normalized spacial score (nSPS) is 11.7. The van der Waals surface area contributed by atoms with Crippen LogP contribution in [0.15, 0.2) is 24.3 Å². The predicted molar refractivity (Wildman–Crippen MR) is 65.7 cm³/mol. The van der Waals surface area contributed by atoms with Crippen molar-refractivity contribution in [3.63, 3.8) is 0 Å². The molecule has 0 saturated heterocycles. The van der Waals surface area contributed by atoms with Crippen molar-refractivity contribution in [1.82, 2.24) is 0 Å². The molecule has 0 spiro atoms. The van der Waals surface area contributed by atoms with Crippen molar-refractivity contribution in [2.45, 2.75) is 26.3 Å². The molecule has 0 heterocycles. The van der Waals surface area contributed by atoms with Crippen molar-refractivity contribution in [3.05, 3.63) is 29.8 Å². The van der Waals surface area contributed by atoms with Gasteiger partial charge in [0.25, 0.3) is 0 Å². The second-order valence-corrected chi connectivity index (χ2v) is 7.09. The Hall–Kier alpha value is -0.643. The summed E-state index contributed by atoms with van der Waals surface area (Å²) >= 11 is 0. The van der Waals surface area contributed by atoms with Crippen molar-refractivity contribution in [3.8, 4) is 0 Å². The van der Waals surface area contributed by atoms with E-state index in [1.165, 1.54) is 10.8 Å². The molecule has 0 aromatic heterocycles. The van der Waals surface area contributed by atoms with E-state index in [-0.39, 0.29) is 0 Å². The minimum Gasteiger partial charge on any atom is -0.394 e. The fourth-order valence-corrected chi connectivity index (χ4v) is 4.95. The van der Waals surface area contributed by atoms with Crippen molar-refractivity contribution in [2.75, 3.05) is 14.2 Å². The van der Waals surface area contributed by atoms with Crippen LogP contribution in [0.5, 0.6) is 0 Å². The van der Waals surface area contributed by atoms with E-state index < -0.39 is 8.56 Å². The van der Waals surface area contributed by atoms with Crippen LogP contribution in [0.4, 0.5) is 0 Å². The Morgan fingerprint density at radius 3 is 2.20 bits per heavy atom. The van der Waals surface area contributed by atoms with Gasteiger partial charge >= 0.3 is 8.56 Å². The zero-order valence-corrected chi connectivity index (χ0v) is 11.0. The van der Waals surface area contributed by atoms with Crippen LogP contribution >= 0.6 is 0 Å². The van der Waals surface area contributed by atoms with Crippen LogP contribution in [0, 0.1) is 6.92 Å². The molecular weight excluding hydrogens is 204 g/mol. The van der Waals surface area contributed by atoms with E-state index >= 15 is 0 Å². The molecule has 0 unspecified atom stereocenters. The van der Waals surface area contributed by atoms with Gasteiger partial charge in [0.15, 0.2) is 0 Å². The maximum Gasteiger partial charge on any atom is 0.372 e. The first-order valence-corrected chi connectivity index (χ1v) is 7.39. The van der Waals surface area contributed by atoms with Crippen LogP contribution in [0.1, 0.15) is 18.9 Å². The molecule has 0 bridgehead atoms. The summed E-state index contributed by atoms with van der Waals surface area (Å²) in [6.07, 6.45) is 1.09. The Kier molecular flexibility index (Phi) is 4.51. The highest BCUT2D eigenvalue weighted by Gasteiger charge is 2.37. The minimum atomic E-state index is -2.16. The Labute approximate surface area is 93.5 Å². The number of hydrogen-bond acceptors (Lipinski definition) is 2. The van der Waals surface area contributed by atoms with E-state index in [0.717, 1.165) is 12.5 Å². The summed E-state index contributed by atoms with van der Waals surface area (Å²) in [4.78, 5) is 0. The summed E-state index contributed by atoms with van der Waals surface area (Å²) in [7, 11) is 1.36. The molecule has 84 valence electrons. The third-order valence-electron chi connectivity index (χ3n) is 2.79. The molecular formula is C12H20O2Si. The molecule has 3 heteroatoms. The van der Waals surface area contributed by atoms with Crippen LogP contribution < -0.4 is 5.19 Å². The zero-order valence-electron chi connectivity index (χ0n) is 10.0. The summed E-state index contributed by atoms with van der Waals surface area (Å²) in [5.74, 6) is 0. The predicted octanol–water partition coefficient (Wildman–Crippen LogP) is 2.35. The number of aryl methyl sites for hydroxylation is 1. The van der Waals surface area contributed by atoms with Crippen molar-refractivity contribution in [2.24, 2.45) is 0 Å². The van der Waals surface area contributed by atoms with Gasteiger partial charge in [0.1, 0.15) is 0 Å². The van der Waals surface area contributed by atoms with Gasteiger partial charge in [-0.1, -0.05) is 37.6 Å². The summed E-state index contributed by atoms with van der Waals surface area (Å²) in [5.41, 5.74) is 1.27. The zero-order chi connectivity index (χ0) is 11.3. The lowest BCUT2D eigenvalue weighted by atomic mass is 10.2. The topological polar surface area (TPSA) is 18.5 Å². The molecule has 0 saturated carbocycles. The molecule has 15 heavy (non-hydrogen) atoms. The Morgan fingerprint density at radius 1 is 1.13 bits per heavy atom. The molecule has 0 N–H and O–H groups in total. The lowest BCUT2D eigenvalue weighted by molar-refractivity contribution is 0.257. The van der Waals surface area contributed by atoms with E-state index in [9.17, 15) is 0 Å². The highest BCUT2D eigenvalue weighted by molar-refractivity contribution is 6.81.